The summed E-state index contributed by atoms with van der Waals surface area (Å²) in [5.74, 6) is -0.297. The van der Waals surface area contributed by atoms with Gasteiger partial charge in [-0.1, -0.05) is 42.5 Å². The molecule has 2 rings (SSSR count). The van der Waals surface area contributed by atoms with Crippen molar-refractivity contribution >= 4 is 11.6 Å². The fourth-order valence-electron chi connectivity index (χ4n) is 1.62. The molecule has 90 valence electrons. The van der Waals surface area contributed by atoms with E-state index in [1.165, 1.54) is 6.07 Å². The van der Waals surface area contributed by atoms with Crippen LogP contribution in [0.15, 0.2) is 59.8 Å². The van der Waals surface area contributed by atoms with Gasteiger partial charge in [-0.25, -0.2) is 0 Å². The zero-order chi connectivity index (χ0) is 12.8. The van der Waals surface area contributed by atoms with E-state index in [4.69, 9.17) is 0 Å². The lowest BCUT2D eigenvalue weighted by Gasteiger charge is -2.06. The molecule has 0 aliphatic rings. The van der Waals surface area contributed by atoms with Crippen molar-refractivity contribution < 1.29 is 4.79 Å². The Balaban J connectivity index is 2.06. The SMILES string of the molecule is O=Nc1ccccc1C(=O)NCc1ccccc1. The highest BCUT2D eigenvalue weighted by Crippen LogP contribution is 2.17. The second-order valence-corrected chi connectivity index (χ2v) is 3.78. The van der Waals surface area contributed by atoms with Gasteiger partial charge in [0.25, 0.3) is 5.91 Å². The van der Waals surface area contributed by atoms with Gasteiger partial charge in [-0.15, -0.1) is 4.91 Å². The molecule has 0 unspecified atom stereocenters. The van der Waals surface area contributed by atoms with E-state index in [-0.39, 0.29) is 11.6 Å². The number of rotatable bonds is 4. The van der Waals surface area contributed by atoms with Crippen molar-refractivity contribution in [1.82, 2.24) is 5.32 Å². The van der Waals surface area contributed by atoms with Crippen LogP contribution < -0.4 is 5.32 Å². The van der Waals surface area contributed by atoms with Crippen LogP contribution in [0.3, 0.4) is 0 Å². The van der Waals surface area contributed by atoms with E-state index < -0.39 is 0 Å². The van der Waals surface area contributed by atoms with Crippen molar-refractivity contribution in [3.05, 3.63) is 70.6 Å². The first-order chi connectivity index (χ1) is 8.81. The quantitative estimate of drug-likeness (QED) is 0.835. The summed E-state index contributed by atoms with van der Waals surface area (Å²) in [6.45, 7) is 0.423. The Labute approximate surface area is 105 Å². The molecule has 2 aromatic rings. The third-order valence-corrected chi connectivity index (χ3v) is 2.54. The summed E-state index contributed by atoms with van der Waals surface area (Å²) in [4.78, 5) is 22.5. The Kier molecular flexibility index (Phi) is 3.81. The van der Waals surface area contributed by atoms with Crippen molar-refractivity contribution in [1.29, 1.82) is 0 Å². The van der Waals surface area contributed by atoms with E-state index in [1.54, 1.807) is 18.2 Å². The van der Waals surface area contributed by atoms with Gasteiger partial charge in [-0.2, -0.15) is 0 Å². The average Bonchev–Trinajstić information content (AvgIpc) is 2.45. The highest BCUT2D eigenvalue weighted by molar-refractivity contribution is 5.98. The maximum Gasteiger partial charge on any atom is 0.253 e. The van der Waals surface area contributed by atoms with Crippen LogP contribution in [-0.4, -0.2) is 5.91 Å². The van der Waals surface area contributed by atoms with Crippen LogP contribution in [0.1, 0.15) is 15.9 Å². The summed E-state index contributed by atoms with van der Waals surface area (Å²) < 4.78 is 0. The number of amides is 1. The monoisotopic (exact) mass is 240 g/mol. The van der Waals surface area contributed by atoms with E-state index in [0.29, 0.717) is 12.1 Å². The summed E-state index contributed by atoms with van der Waals surface area (Å²) in [5, 5.41) is 5.59. The summed E-state index contributed by atoms with van der Waals surface area (Å²) in [6.07, 6.45) is 0. The van der Waals surface area contributed by atoms with Crippen molar-refractivity contribution in [2.24, 2.45) is 5.18 Å². The first-order valence-electron chi connectivity index (χ1n) is 5.56. The predicted molar refractivity (Wildman–Crippen MR) is 69.5 cm³/mol. The van der Waals surface area contributed by atoms with Crippen LogP contribution in [0.5, 0.6) is 0 Å². The lowest BCUT2D eigenvalue weighted by molar-refractivity contribution is 0.0951. The zero-order valence-electron chi connectivity index (χ0n) is 9.67. The van der Waals surface area contributed by atoms with Crippen molar-refractivity contribution in [3.8, 4) is 0 Å². The summed E-state index contributed by atoms with van der Waals surface area (Å²) in [5.41, 5.74) is 1.45. The normalized spacial score (nSPS) is 9.78. The first-order valence-corrected chi connectivity index (χ1v) is 5.56. The molecule has 0 aromatic heterocycles. The number of hydrogen-bond donors (Lipinski definition) is 1. The van der Waals surface area contributed by atoms with Crippen LogP contribution in [0.25, 0.3) is 0 Å². The maximum absolute atomic E-state index is 11.9. The van der Waals surface area contributed by atoms with Gasteiger partial charge in [0.1, 0.15) is 5.69 Å². The number of carbonyl (C=O) groups is 1. The number of nitrogens with zero attached hydrogens (tertiary/aromatic N) is 1. The fraction of sp³-hybridized carbons (Fsp3) is 0.0714. The summed E-state index contributed by atoms with van der Waals surface area (Å²) in [7, 11) is 0. The summed E-state index contributed by atoms with van der Waals surface area (Å²) in [6, 6.07) is 16.0. The molecule has 18 heavy (non-hydrogen) atoms. The van der Waals surface area contributed by atoms with Gasteiger partial charge in [-0.05, 0) is 22.9 Å². The highest BCUT2D eigenvalue weighted by Gasteiger charge is 2.10. The molecular formula is C14H12N2O2. The average molecular weight is 240 g/mol. The van der Waals surface area contributed by atoms with Crippen LogP contribution in [0, 0.1) is 4.91 Å². The third-order valence-electron chi connectivity index (χ3n) is 2.54. The number of nitroso groups, excluding NO2 is 1. The number of benzene rings is 2. The largest absolute Gasteiger partial charge is 0.348 e. The molecule has 4 nitrogen and oxygen atoms in total. The van der Waals surface area contributed by atoms with Gasteiger partial charge >= 0.3 is 0 Å². The van der Waals surface area contributed by atoms with Crippen LogP contribution >= 0.6 is 0 Å². The molecule has 4 heteroatoms. The lowest BCUT2D eigenvalue weighted by Crippen LogP contribution is -2.22. The molecule has 0 radical (unpaired) electrons. The van der Waals surface area contributed by atoms with Gasteiger partial charge in [0.05, 0.1) is 5.56 Å². The smallest absolute Gasteiger partial charge is 0.253 e. The molecule has 0 aliphatic carbocycles. The molecule has 0 atom stereocenters. The van der Waals surface area contributed by atoms with E-state index in [2.05, 4.69) is 10.5 Å². The number of carbonyl (C=O) groups excluding carboxylic acids is 1. The van der Waals surface area contributed by atoms with Gasteiger partial charge < -0.3 is 5.32 Å². The second-order valence-electron chi connectivity index (χ2n) is 3.78. The van der Waals surface area contributed by atoms with Crippen molar-refractivity contribution in [3.63, 3.8) is 0 Å². The molecule has 0 aliphatic heterocycles. The van der Waals surface area contributed by atoms with Crippen molar-refractivity contribution in [2.45, 2.75) is 6.54 Å². The topological polar surface area (TPSA) is 58.5 Å². The first kappa shape index (κ1) is 12.0. The fourth-order valence-corrected chi connectivity index (χ4v) is 1.62. The minimum atomic E-state index is -0.297. The molecule has 0 spiro atoms. The maximum atomic E-state index is 11.9. The Hall–Kier alpha value is -2.49. The minimum Gasteiger partial charge on any atom is -0.348 e. The van der Waals surface area contributed by atoms with Crippen LogP contribution in [0.4, 0.5) is 5.69 Å². The minimum absolute atomic E-state index is 0.156. The zero-order valence-corrected chi connectivity index (χ0v) is 9.67. The molecule has 0 bridgehead atoms. The molecular weight excluding hydrogens is 228 g/mol. The second kappa shape index (κ2) is 5.72. The molecule has 0 saturated heterocycles. The van der Waals surface area contributed by atoms with E-state index in [9.17, 15) is 9.70 Å². The molecule has 0 fully saturated rings. The Morgan fingerprint density at radius 3 is 2.39 bits per heavy atom. The Morgan fingerprint density at radius 2 is 1.67 bits per heavy atom. The van der Waals surface area contributed by atoms with Gasteiger partial charge in [0, 0.05) is 6.54 Å². The van der Waals surface area contributed by atoms with Crippen LogP contribution in [-0.2, 0) is 6.54 Å². The Bertz CT molecular complexity index is 553. The Morgan fingerprint density at radius 1 is 1.00 bits per heavy atom. The molecule has 2 aromatic carbocycles. The third kappa shape index (κ3) is 2.79. The van der Waals surface area contributed by atoms with Gasteiger partial charge in [0.2, 0.25) is 0 Å². The van der Waals surface area contributed by atoms with Gasteiger partial charge in [0.15, 0.2) is 0 Å². The molecule has 1 N–H and O–H groups in total. The number of nitrogens with one attached hydrogen (secondary N) is 1. The molecule has 1 amide bonds. The lowest BCUT2D eigenvalue weighted by atomic mass is 10.1. The van der Waals surface area contributed by atoms with E-state index >= 15 is 0 Å². The van der Waals surface area contributed by atoms with Crippen molar-refractivity contribution in [2.75, 3.05) is 0 Å². The molecule has 0 saturated carbocycles. The van der Waals surface area contributed by atoms with E-state index in [1.807, 2.05) is 30.3 Å². The van der Waals surface area contributed by atoms with E-state index in [0.717, 1.165) is 5.56 Å². The predicted octanol–water partition coefficient (Wildman–Crippen LogP) is 3.01. The van der Waals surface area contributed by atoms with Gasteiger partial charge in [-0.3, -0.25) is 4.79 Å². The summed E-state index contributed by atoms with van der Waals surface area (Å²) >= 11 is 0. The highest BCUT2D eigenvalue weighted by atomic mass is 16.3. The number of hydrogen-bond acceptors (Lipinski definition) is 3. The molecule has 0 heterocycles. The standard InChI is InChI=1S/C14H12N2O2/c17-14(12-8-4-5-9-13(12)16-18)15-10-11-6-2-1-3-7-11/h1-9H,10H2,(H,15,17). The van der Waals surface area contributed by atoms with Crippen LogP contribution in [0.2, 0.25) is 0 Å².